The monoisotopic (exact) mass is 445 g/mol. The van der Waals surface area contributed by atoms with Crippen molar-refractivity contribution in [3.05, 3.63) is 70.5 Å². The molecule has 7 heteroatoms. The third-order valence-electron chi connectivity index (χ3n) is 6.44. The van der Waals surface area contributed by atoms with E-state index >= 15 is 0 Å². The van der Waals surface area contributed by atoms with Crippen molar-refractivity contribution in [2.75, 3.05) is 45.9 Å². The molecule has 0 saturated carbocycles. The minimum atomic E-state index is -0.257. The molecule has 0 aromatic heterocycles. The first-order valence-corrected chi connectivity index (χ1v) is 11.3. The molecule has 2 aliphatic heterocycles. The lowest BCUT2D eigenvalue weighted by molar-refractivity contribution is -0.137. The van der Waals surface area contributed by atoms with Crippen LogP contribution in [-0.4, -0.2) is 71.6 Å². The van der Waals surface area contributed by atoms with E-state index in [1.54, 1.807) is 0 Å². The third-order valence-corrected chi connectivity index (χ3v) is 6.81. The zero-order valence-corrected chi connectivity index (χ0v) is 18.3. The molecule has 2 aromatic carbocycles. The molecule has 0 aliphatic carbocycles. The predicted octanol–water partition coefficient (Wildman–Crippen LogP) is 3.18. The Morgan fingerprint density at radius 3 is 2.45 bits per heavy atom. The second-order valence-electron chi connectivity index (χ2n) is 8.41. The van der Waals surface area contributed by atoms with Crippen molar-refractivity contribution in [1.82, 2.24) is 14.7 Å². The van der Waals surface area contributed by atoms with Gasteiger partial charge in [0.05, 0.1) is 12.5 Å². The molecular weight excluding hydrogens is 417 g/mol. The minimum absolute atomic E-state index is 0.0431. The molecule has 2 fully saturated rings. The van der Waals surface area contributed by atoms with Gasteiger partial charge in [0.15, 0.2) is 0 Å². The molecule has 0 unspecified atom stereocenters. The van der Waals surface area contributed by atoms with Gasteiger partial charge in [-0.3, -0.25) is 14.6 Å². The first kappa shape index (κ1) is 22.2. The number of hydrogen-bond donors (Lipinski definition) is 1. The number of halogens is 2. The molecule has 166 valence electrons. The van der Waals surface area contributed by atoms with Gasteiger partial charge in [-0.1, -0.05) is 41.9 Å². The standard InChI is InChI=1S/C24H29ClFN3O2/c25-22-4-2-1-3-19(22)16-29-17-20(15-23(29)18-5-7-21(26)8-6-18)24(31)28-11-9-27(10-12-28)13-14-30/h1-8,20,23,30H,9-17H2/t20-,23-/m1/s1. The van der Waals surface area contributed by atoms with Crippen LogP contribution >= 0.6 is 11.6 Å². The van der Waals surface area contributed by atoms with Crippen molar-refractivity contribution in [3.8, 4) is 0 Å². The summed E-state index contributed by atoms with van der Waals surface area (Å²) in [6.45, 7) is 5.09. The number of hydrogen-bond acceptors (Lipinski definition) is 4. The van der Waals surface area contributed by atoms with Crippen molar-refractivity contribution in [1.29, 1.82) is 0 Å². The van der Waals surface area contributed by atoms with E-state index in [4.69, 9.17) is 16.7 Å². The van der Waals surface area contributed by atoms with Crippen LogP contribution in [0.2, 0.25) is 5.02 Å². The quantitative estimate of drug-likeness (QED) is 0.742. The number of aliphatic hydroxyl groups excluding tert-OH is 1. The summed E-state index contributed by atoms with van der Waals surface area (Å²) in [6.07, 6.45) is 0.714. The molecule has 4 rings (SSSR count). The second kappa shape index (κ2) is 10.1. The van der Waals surface area contributed by atoms with E-state index in [2.05, 4.69) is 9.80 Å². The summed E-state index contributed by atoms with van der Waals surface area (Å²) in [5, 5.41) is 9.85. The fourth-order valence-electron chi connectivity index (χ4n) is 4.73. The largest absolute Gasteiger partial charge is 0.395 e. The second-order valence-corrected chi connectivity index (χ2v) is 8.82. The van der Waals surface area contributed by atoms with E-state index < -0.39 is 0 Å². The molecule has 31 heavy (non-hydrogen) atoms. The maximum Gasteiger partial charge on any atom is 0.227 e. The van der Waals surface area contributed by atoms with Gasteiger partial charge in [-0.05, 0) is 35.7 Å². The first-order valence-electron chi connectivity index (χ1n) is 10.9. The van der Waals surface area contributed by atoms with Crippen LogP contribution in [0.3, 0.4) is 0 Å². The zero-order valence-electron chi connectivity index (χ0n) is 17.6. The Bertz CT molecular complexity index is 887. The van der Waals surface area contributed by atoms with Crippen molar-refractivity contribution in [2.24, 2.45) is 5.92 Å². The van der Waals surface area contributed by atoms with Gasteiger partial charge in [0.1, 0.15) is 5.82 Å². The molecule has 2 saturated heterocycles. The summed E-state index contributed by atoms with van der Waals surface area (Å²) in [5.74, 6) is -0.160. The predicted molar refractivity (Wildman–Crippen MR) is 119 cm³/mol. The molecule has 1 N–H and O–H groups in total. The van der Waals surface area contributed by atoms with Crippen molar-refractivity contribution in [2.45, 2.75) is 19.0 Å². The van der Waals surface area contributed by atoms with Gasteiger partial charge in [-0.2, -0.15) is 0 Å². The van der Waals surface area contributed by atoms with E-state index in [0.29, 0.717) is 39.1 Å². The smallest absolute Gasteiger partial charge is 0.227 e. The van der Waals surface area contributed by atoms with Crippen molar-refractivity contribution in [3.63, 3.8) is 0 Å². The van der Waals surface area contributed by atoms with E-state index in [1.165, 1.54) is 12.1 Å². The topological polar surface area (TPSA) is 47.0 Å². The highest BCUT2D eigenvalue weighted by Gasteiger charge is 2.39. The number of piperazine rings is 1. The summed E-state index contributed by atoms with van der Waals surface area (Å²) in [5.41, 5.74) is 2.05. The summed E-state index contributed by atoms with van der Waals surface area (Å²) in [7, 11) is 0. The van der Waals surface area contributed by atoms with Crippen LogP contribution in [0, 0.1) is 11.7 Å². The van der Waals surface area contributed by atoms with Gasteiger partial charge in [0.25, 0.3) is 0 Å². The Morgan fingerprint density at radius 1 is 1.06 bits per heavy atom. The number of β-amino-alcohol motifs (C(OH)–C–C–N with tert-alkyl or cyclic N) is 1. The number of amides is 1. The number of aliphatic hydroxyl groups is 1. The van der Waals surface area contributed by atoms with Crippen LogP contribution in [-0.2, 0) is 11.3 Å². The van der Waals surface area contributed by atoms with Crippen LogP contribution in [0.5, 0.6) is 0 Å². The first-order chi connectivity index (χ1) is 15.0. The van der Waals surface area contributed by atoms with Gasteiger partial charge in [-0.15, -0.1) is 0 Å². The van der Waals surface area contributed by atoms with E-state index in [9.17, 15) is 9.18 Å². The van der Waals surface area contributed by atoms with Crippen molar-refractivity contribution >= 4 is 17.5 Å². The Kier molecular flexibility index (Phi) is 7.23. The fraction of sp³-hybridized carbons (Fsp3) is 0.458. The van der Waals surface area contributed by atoms with Gasteiger partial charge in [-0.25, -0.2) is 4.39 Å². The summed E-state index contributed by atoms with van der Waals surface area (Å²) < 4.78 is 13.5. The van der Waals surface area contributed by atoms with Gasteiger partial charge in [0.2, 0.25) is 5.91 Å². The van der Waals surface area contributed by atoms with Crippen LogP contribution < -0.4 is 0 Å². The van der Waals surface area contributed by atoms with Gasteiger partial charge in [0, 0.05) is 56.9 Å². The Balaban J connectivity index is 1.49. The summed E-state index contributed by atoms with van der Waals surface area (Å²) >= 11 is 6.40. The van der Waals surface area contributed by atoms with E-state index in [0.717, 1.165) is 29.2 Å². The van der Waals surface area contributed by atoms with Gasteiger partial charge < -0.3 is 10.0 Å². The number of carbonyl (C=O) groups excluding carboxylic acids is 1. The Labute approximate surface area is 188 Å². The maximum absolute atomic E-state index is 13.5. The van der Waals surface area contributed by atoms with Crippen LogP contribution in [0.4, 0.5) is 4.39 Å². The highest BCUT2D eigenvalue weighted by atomic mass is 35.5. The fourth-order valence-corrected chi connectivity index (χ4v) is 4.92. The lowest BCUT2D eigenvalue weighted by atomic mass is 9.98. The lowest BCUT2D eigenvalue weighted by Crippen LogP contribution is -2.51. The van der Waals surface area contributed by atoms with E-state index in [1.807, 2.05) is 41.3 Å². The molecule has 0 radical (unpaired) electrons. The van der Waals surface area contributed by atoms with E-state index in [-0.39, 0.29) is 30.3 Å². The highest BCUT2D eigenvalue weighted by molar-refractivity contribution is 6.31. The Hall–Kier alpha value is -1.99. The number of carbonyl (C=O) groups is 1. The molecule has 0 spiro atoms. The minimum Gasteiger partial charge on any atom is -0.395 e. The summed E-state index contributed by atoms with van der Waals surface area (Å²) in [4.78, 5) is 19.7. The van der Waals surface area contributed by atoms with Crippen LogP contribution in [0.25, 0.3) is 0 Å². The SMILES string of the molecule is O=C([C@@H]1C[C@H](c2ccc(F)cc2)N(Cc2ccccc2Cl)C1)N1CCN(CCO)CC1. The number of benzene rings is 2. The lowest BCUT2D eigenvalue weighted by Gasteiger charge is -2.35. The molecular formula is C24H29ClFN3O2. The Morgan fingerprint density at radius 2 is 1.77 bits per heavy atom. The highest BCUT2D eigenvalue weighted by Crippen LogP contribution is 2.38. The number of nitrogens with zero attached hydrogens (tertiary/aromatic N) is 3. The zero-order chi connectivity index (χ0) is 21.8. The van der Waals surface area contributed by atoms with Gasteiger partial charge >= 0.3 is 0 Å². The number of likely N-dealkylation sites (tertiary alicyclic amines) is 1. The van der Waals surface area contributed by atoms with Crippen molar-refractivity contribution < 1.29 is 14.3 Å². The molecule has 5 nitrogen and oxygen atoms in total. The molecule has 2 heterocycles. The summed E-state index contributed by atoms with van der Waals surface area (Å²) in [6, 6.07) is 14.4. The molecule has 2 aromatic rings. The van der Waals surface area contributed by atoms with Crippen LogP contribution in [0.15, 0.2) is 48.5 Å². The maximum atomic E-state index is 13.5. The normalized spacial score (nSPS) is 22.7. The molecule has 2 aliphatic rings. The van der Waals surface area contributed by atoms with Crippen LogP contribution in [0.1, 0.15) is 23.6 Å². The molecule has 2 atom stereocenters. The average Bonchev–Trinajstić information content (AvgIpc) is 3.20. The third kappa shape index (κ3) is 5.26. The molecule has 0 bridgehead atoms. The average molecular weight is 446 g/mol. The number of rotatable bonds is 6. The molecule has 1 amide bonds.